The lowest BCUT2D eigenvalue weighted by molar-refractivity contribution is 0.0494. The Morgan fingerprint density at radius 2 is 2.05 bits per heavy atom. The molecule has 1 aromatic rings. The van der Waals surface area contributed by atoms with Crippen molar-refractivity contribution in [2.24, 2.45) is 5.92 Å². The van der Waals surface area contributed by atoms with Gasteiger partial charge in [-0.25, -0.2) is 14.8 Å². The number of amides is 1. The molecule has 1 amide bonds. The predicted octanol–water partition coefficient (Wildman–Crippen LogP) is 2.58. The first-order valence-corrected chi connectivity index (χ1v) is 7.44. The van der Waals surface area contributed by atoms with Crippen LogP contribution in [0.3, 0.4) is 0 Å². The zero-order valence-electron chi connectivity index (χ0n) is 12.9. The summed E-state index contributed by atoms with van der Waals surface area (Å²) in [5, 5.41) is 6.20. The molecular weight excluding hydrogens is 268 g/mol. The highest BCUT2D eigenvalue weighted by Gasteiger charge is 2.30. The third kappa shape index (κ3) is 5.21. The summed E-state index contributed by atoms with van der Waals surface area (Å²) in [6.45, 7) is 6.36. The van der Waals surface area contributed by atoms with Crippen LogP contribution in [0.15, 0.2) is 18.5 Å². The van der Waals surface area contributed by atoms with Crippen LogP contribution < -0.4 is 10.6 Å². The maximum atomic E-state index is 11.9. The first-order valence-electron chi connectivity index (χ1n) is 7.44. The molecule has 0 unspecified atom stereocenters. The van der Waals surface area contributed by atoms with Crippen LogP contribution in [0.2, 0.25) is 0 Å². The van der Waals surface area contributed by atoms with Crippen LogP contribution in [0.4, 0.5) is 10.7 Å². The number of nitrogens with one attached hydrogen (secondary N) is 2. The van der Waals surface area contributed by atoms with E-state index in [1.165, 1.54) is 0 Å². The van der Waals surface area contributed by atoms with Gasteiger partial charge in [0.2, 0.25) is 5.95 Å². The summed E-state index contributed by atoms with van der Waals surface area (Å²) in [6.07, 6.45) is 6.26. The number of anilines is 1. The zero-order valence-corrected chi connectivity index (χ0v) is 12.9. The largest absolute Gasteiger partial charge is 0.444 e. The molecule has 21 heavy (non-hydrogen) atoms. The van der Waals surface area contributed by atoms with Crippen LogP contribution >= 0.6 is 0 Å². The number of ether oxygens (including phenoxy) is 1. The quantitative estimate of drug-likeness (QED) is 0.892. The van der Waals surface area contributed by atoms with Gasteiger partial charge in [-0.3, -0.25) is 0 Å². The maximum absolute atomic E-state index is 11.9. The summed E-state index contributed by atoms with van der Waals surface area (Å²) in [4.78, 5) is 20.1. The SMILES string of the molecule is CC(C)(C)OC(=O)N[C@@H]1CCC[C@@H]1CNc1ncccn1. The molecule has 0 radical (unpaired) electrons. The van der Waals surface area contributed by atoms with E-state index in [0.29, 0.717) is 11.9 Å². The molecular formula is C15H24N4O2. The van der Waals surface area contributed by atoms with Gasteiger partial charge in [0.05, 0.1) is 0 Å². The van der Waals surface area contributed by atoms with Crippen molar-refractivity contribution >= 4 is 12.0 Å². The molecule has 1 aliphatic carbocycles. The number of carbonyl (C=O) groups excluding carboxylic acids is 1. The highest BCUT2D eigenvalue weighted by molar-refractivity contribution is 5.68. The van der Waals surface area contributed by atoms with Crippen molar-refractivity contribution in [3.05, 3.63) is 18.5 Å². The Bertz CT molecular complexity index is 458. The van der Waals surface area contributed by atoms with Gasteiger partial charge in [-0.15, -0.1) is 0 Å². The van der Waals surface area contributed by atoms with Crippen molar-refractivity contribution < 1.29 is 9.53 Å². The van der Waals surface area contributed by atoms with Crippen LogP contribution in [0, 0.1) is 5.92 Å². The Hall–Kier alpha value is -1.85. The molecule has 0 aromatic carbocycles. The van der Waals surface area contributed by atoms with Gasteiger partial charge in [0.15, 0.2) is 0 Å². The van der Waals surface area contributed by atoms with Crippen molar-refractivity contribution in [3.8, 4) is 0 Å². The highest BCUT2D eigenvalue weighted by atomic mass is 16.6. The third-order valence-corrected chi connectivity index (χ3v) is 3.45. The second-order valence-corrected chi connectivity index (χ2v) is 6.40. The second-order valence-electron chi connectivity index (χ2n) is 6.40. The standard InChI is InChI=1S/C15H24N4O2/c1-15(2,3)21-14(20)19-12-7-4-6-11(12)10-18-13-16-8-5-9-17-13/h5,8-9,11-12H,4,6-7,10H2,1-3H3,(H,19,20)(H,16,17,18)/t11-,12-/m1/s1. The van der Waals surface area contributed by atoms with Crippen LogP contribution in [0.5, 0.6) is 0 Å². The highest BCUT2D eigenvalue weighted by Crippen LogP contribution is 2.26. The van der Waals surface area contributed by atoms with E-state index in [2.05, 4.69) is 20.6 Å². The van der Waals surface area contributed by atoms with Gasteiger partial charge in [-0.1, -0.05) is 6.42 Å². The van der Waals surface area contributed by atoms with Gasteiger partial charge in [-0.2, -0.15) is 0 Å². The van der Waals surface area contributed by atoms with Gasteiger partial charge in [-0.05, 0) is 45.6 Å². The molecule has 0 saturated heterocycles. The molecule has 1 aromatic heterocycles. The minimum atomic E-state index is -0.464. The van der Waals surface area contributed by atoms with Crippen LogP contribution in [-0.4, -0.2) is 34.2 Å². The maximum Gasteiger partial charge on any atom is 0.407 e. The number of alkyl carbamates (subject to hydrolysis) is 1. The molecule has 0 bridgehead atoms. The first kappa shape index (κ1) is 15.5. The summed E-state index contributed by atoms with van der Waals surface area (Å²) >= 11 is 0. The van der Waals surface area contributed by atoms with Crippen LogP contribution in [0.25, 0.3) is 0 Å². The van der Waals surface area contributed by atoms with Crippen molar-refractivity contribution in [3.63, 3.8) is 0 Å². The lowest BCUT2D eigenvalue weighted by Gasteiger charge is -2.25. The normalized spacial score (nSPS) is 21.9. The first-order chi connectivity index (χ1) is 9.94. The van der Waals surface area contributed by atoms with E-state index in [9.17, 15) is 4.79 Å². The molecule has 6 nitrogen and oxygen atoms in total. The van der Waals surface area contributed by atoms with Crippen molar-refractivity contribution in [1.29, 1.82) is 0 Å². The van der Waals surface area contributed by atoms with Gasteiger partial charge in [0, 0.05) is 25.0 Å². The van der Waals surface area contributed by atoms with E-state index in [1.807, 2.05) is 20.8 Å². The van der Waals surface area contributed by atoms with Gasteiger partial charge in [0.25, 0.3) is 0 Å². The van der Waals surface area contributed by atoms with Crippen LogP contribution in [0.1, 0.15) is 40.0 Å². The molecule has 0 spiro atoms. The fraction of sp³-hybridized carbons (Fsp3) is 0.667. The zero-order chi connectivity index (χ0) is 15.3. The molecule has 1 fully saturated rings. The van der Waals surface area contributed by atoms with Gasteiger partial charge in [0.1, 0.15) is 5.60 Å². The number of carbonyl (C=O) groups is 1. The minimum absolute atomic E-state index is 0.149. The van der Waals surface area contributed by atoms with Gasteiger partial charge < -0.3 is 15.4 Å². The average Bonchev–Trinajstić information content (AvgIpc) is 2.82. The van der Waals surface area contributed by atoms with Crippen molar-refractivity contribution in [1.82, 2.24) is 15.3 Å². The van der Waals surface area contributed by atoms with E-state index < -0.39 is 5.60 Å². The Morgan fingerprint density at radius 3 is 2.71 bits per heavy atom. The molecule has 1 aliphatic rings. The number of aromatic nitrogens is 2. The lowest BCUT2D eigenvalue weighted by atomic mass is 10.0. The monoisotopic (exact) mass is 292 g/mol. The van der Waals surface area contributed by atoms with Gasteiger partial charge >= 0.3 is 6.09 Å². The van der Waals surface area contributed by atoms with E-state index in [4.69, 9.17) is 4.74 Å². The summed E-state index contributed by atoms with van der Waals surface area (Å²) in [6, 6.07) is 1.93. The summed E-state index contributed by atoms with van der Waals surface area (Å²) < 4.78 is 5.32. The van der Waals surface area contributed by atoms with E-state index in [0.717, 1.165) is 25.8 Å². The smallest absolute Gasteiger partial charge is 0.407 e. The molecule has 2 rings (SSSR count). The Balaban J connectivity index is 1.81. The topological polar surface area (TPSA) is 76.1 Å². The molecule has 0 aliphatic heterocycles. The molecule has 1 saturated carbocycles. The van der Waals surface area contributed by atoms with Crippen LogP contribution in [-0.2, 0) is 4.74 Å². The molecule has 116 valence electrons. The average molecular weight is 292 g/mol. The Labute approximate surface area is 125 Å². The molecule has 1 heterocycles. The number of hydrogen-bond donors (Lipinski definition) is 2. The number of hydrogen-bond acceptors (Lipinski definition) is 5. The predicted molar refractivity (Wildman–Crippen MR) is 81.0 cm³/mol. The molecule has 2 atom stereocenters. The number of rotatable bonds is 4. The van der Waals surface area contributed by atoms with Crippen molar-refractivity contribution in [2.45, 2.75) is 51.7 Å². The fourth-order valence-electron chi connectivity index (χ4n) is 2.54. The number of nitrogens with zero attached hydrogens (tertiary/aromatic N) is 2. The minimum Gasteiger partial charge on any atom is -0.444 e. The summed E-state index contributed by atoms with van der Waals surface area (Å²) in [5.74, 6) is 1.00. The Kier molecular flexibility index (Phi) is 4.98. The van der Waals surface area contributed by atoms with E-state index >= 15 is 0 Å². The van der Waals surface area contributed by atoms with E-state index in [1.54, 1.807) is 18.5 Å². The second kappa shape index (κ2) is 6.74. The van der Waals surface area contributed by atoms with Crippen molar-refractivity contribution in [2.75, 3.05) is 11.9 Å². The third-order valence-electron chi connectivity index (χ3n) is 3.45. The molecule has 2 N–H and O–H groups in total. The van der Waals surface area contributed by atoms with E-state index in [-0.39, 0.29) is 12.1 Å². The fourth-order valence-corrected chi connectivity index (χ4v) is 2.54. The molecule has 6 heteroatoms. The lowest BCUT2D eigenvalue weighted by Crippen LogP contribution is -2.42. The summed E-state index contributed by atoms with van der Waals surface area (Å²) in [5.41, 5.74) is -0.464. The Morgan fingerprint density at radius 1 is 1.33 bits per heavy atom. The summed E-state index contributed by atoms with van der Waals surface area (Å²) in [7, 11) is 0.